The van der Waals surface area contributed by atoms with Crippen LogP contribution in [0.15, 0.2) is 40.4 Å². The first-order chi connectivity index (χ1) is 8.36. The molecule has 0 aromatic heterocycles. The summed E-state index contributed by atoms with van der Waals surface area (Å²) in [7, 11) is 0. The lowest BCUT2D eigenvalue weighted by molar-refractivity contribution is 0.249. The number of benzene rings is 1. The van der Waals surface area contributed by atoms with Crippen LogP contribution in [-0.4, -0.2) is 12.1 Å². The number of urea groups is 2. The Morgan fingerprint density at radius 3 is 2.15 bits per heavy atom. The highest BCUT2D eigenvalue weighted by atomic mass is 16.2. The van der Waals surface area contributed by atoms with Crippen LogP contribution in [0.1, 0.15) is 6.85 Å². The molecule has 0 aliphatic carbocycles. The molecule has 0 fully saturated rings. The fraction of sp³-hybridized carbons (Fsp3) is 0. The van der Waals surface area contributed by atoms with Gasteiger partial charge in [-0.1, -0.05) is 28.4 Å². The van der Waals surface area contributed by atoms with Gasteiger partial charge in [0.2, 0.25) is 0 Å². The van der Waals surface area contributed by atoms with Crippen molar-refractivity contribution in [2.24, 2.45) is 10.2 Å². The molecular formula is C8H5N3O2. The molecule has 0 saturated carbocycles. The molecule has 1 aliphatic heterocycles. The summed E-state index contributed by atoms with van der Waals surface area (Å²) in [4.78, 5) is 23.0. The van der Waals surface area contributed by atoms with E-state index in [1.807, 2.05) is 0 Å². The Labute approximate surface area is 80.7 Å². The number of carbonyl (C=O) groups excluding carboxylic acids is 2. The maximum absolute atomic E-state index is 11.3. The van der Waals surface area contributed by atoms with E-state index < -0.39 is 48.0 Å². The van der Waals surface area contributed by atoms with Crippen molar-refractivity contribution < 1.29 is 16.4 Å². The van der Waals surface area contributed by atoms with Gasteiger partial charge in [-0.2, -0.15) is 0 Å². The molecule has 1 heterocycles. The Bertz CT molecular complexity index is 568. The predicted molar refractivity (Wildman–Crippen MR) is 44.6 cm³/mol. The van der Waals surface area contributed by atoms with Gasteiger partial charge in [-0.3, -0.25) is 0 Å². The third-order valence-corrected chi connectivity index (χ3v) is 1.31. The van der Waals surface area contributed by atoms with E-state index in [0.717, 1.165) is 0 Å². The van der Waals surface area contributed by atoms with E-state index in [0.29, 0.717) is 4.90 Å². The number of anilines is 1. The fourth-order valence-corrected chi connectivity index (χ4v) is 0.803. The molecule has 0 unspecified atom stereocenters. The summed E-state index contributed by atoms with van der Waals surface area (Å²) in [6.07, 6.45) is 0. The van der Waals surface area contributed by atoms with Gasteiger partial charge in [-0.05, 0) is 12.1 Å². The molecule has 0 atom stereocenters. The van der Waals surface area contributed by atoms with Gasteiger partial charge in [0.25, 0.3) is 0 Å². The number of hydrogen-bond acceptors (Lipinski definition) is 2. The molecule has 13 heavy (non-hydrogen) atoms. The van der Waals surface area contributed by atoms with E-state index >= 15 is 0 Å². The van der Waals surface area contributed by atoms with Crippen molar-refractivity contribution in [3.8, 4) is 0 Å². The zero-order chi connectivity index (χ0) is 13.6. The molecule has 1 aromatic carbocycles. The molecule has 0 radical (unpaired) electrons. The maximum Gasteiger partial charge on any atom is 0.375 e. The minimum atomic E-state index is -1.08. The fourth-order valence-electron chi connectivity index (χ4n) is 0.803. The molecule has 0 N–H and O–H groups in total. The lowest BCUT2D eigenvalue weighted by Gasteiger charge is -2.08. The van der Waals surface area contributed by atoms with Crippen molar-refractivity contribution in [3.63, 3.8) is 0 Å². The van der Waals surface area contributed by atoms with Crippen molar-refractivity contribution in [2.75, 3.05) is 4.90 Å². The van der Waals surface area contributed by atoms with E-state index in [1.54, 1.807) is 0 Å². The molecule has 0 bridgehead atoms. The van der Waals surface area contributed by atoms with E-state index in [4.69, 9.17) is 6.85 Å². The van der Waals surface area contributed by atoms with Crippen LogP contribution in [0.4, 0.5) is 15.3 Å². The minimum absolute atomic E-state index is 0.347. The molecule has 4 amide bonds. The first-order valence-corrected chi connectivity index (χ1v) is 3.23. The lowest BCUT2D eigenvalue weighted by atomic mass is 10.3. The highest BCUT2D eigenvalue weighted by Crippen LogP contribution is 2.19. The molecule has 64 valence electrons. The zero-order valence-electron chi connectivity index (χ0n) is 11.2. The number of carbonyl (C=O) groups is 2. The number of rotatable bonds is 1. The quantitative estimate of drug-likeness (QED) is 0.665. The van der Waals surface area contributed by atoms with Crippen molar-refractivity contribution in [3.05, 3.63) is 30.2 Å². The van der Waals surface area contributed by atoms with Crippen LogP contribution in [0.2, 0.25) is 0 Å². The van der Waals surface area contributed by atoms with Gasteiger partial charge in [0.05, 0.1) is 12.5 Å². The second-order valence-electron chi connectivity index (χ2n) is 2.07. The summed E-state index contributed by atoms with van der Waals surface area (Å²) in [6.45, 7) is 0. The Kier molecular flexibility index (Phi) is 0.808. The van der Waals surface area contributed by atoms with Gasteiger partial charge in [-0.15, -0.1) is 0 Å². The van der Waals surface area contributed by atoms with Crippen molar-refractivity contribution in [1.29, 1.82) is 0 Å². The van der Waals surface area contributed by atoms with Gasteiger partial charge in [0.15, 0.2) is 0 Å². The van der Waals surface area contributed by atoms with Crippen LogP contribution in [0.25, 0.3) is 0 Å². The molecule has 5 heteroatoms. The van der Waals surface area contributed by atoms with E-state index in [-0.39, 0.29) is 0 Å². The van der Waals surface area contributed by atoms with Crippen molar-refractivity contribution >= 4 is 17.7 Å². The molecule has 5 nitrogen and oxygen atoms in total. The standard InChI is InChI=1S/C8H5N3O2/c12-7-9-10-8(13)11(7)6-4-2-1-3-5-6/h1-5H/i1D,2D,3D,4D,5D. The summed E-state index contributed by atoms with van der Waals surface area (Å²) < 4.78 is 37.4. The smallest absolute Gasteiger partial charge is 0.243 e. The summed E-state index contributed by atoms with van der Waals surface area (Å²) in [5, 5.41) is 5.93. The highest BCUT2D eigenvalue weighted by molar-refractivity contribution is 6.17. The average molecular weight is 180 g/mol. The summed E-state index contributed by atoms with van der Waals surface area (Å²) >= 11 is 0. The number of para-hydroxylation sites is 1. The van der Waals surface area contributed by atoms with Gasteiger partial charge in [-0.25, -0.2) is 14.5 Å². The third-order valence-electron chi connectivity index (χ3n) is 1.31. The van der Waals surface area contributed by atoms with Crippen molar-refractivity contribution in [1.82, 2.24) is 0 Å². The second kappa shape index (κ2) is 2.78. The van der Waals surface area contributed by atoms with E-state index in [9.17, 15) is 9.59 Å². The molecule has 1 aliphatic rings. The monoisotopic (exact) mass is 180 g/mol. The molecule has 2 rings (SSSR count). The SMILES string of the molecule is [2H]c1c([2H])c([2H])c(N2C(=O)N=NC2=O)c([2H])c1[2H]. The first kappa shape index (κ1) is 3.78. The Morgan fingerprint density at radius 2 is 1.62 bits per heavy atom. The van der Waals surface area contributed by atoms with Gasteiger partial charge in [0.1, 0.15) is 0 Å². The largest absolute Gasteiger partial charge is 0.375 e. The topological polar surface area (TPSA) is 62.1 Å². The number of imide groups is 1. The van der Waals surface area contributed by atoms with Crippen molar-refractivity contribution in [2.45, 2.75) is 0 Å². The zero-order valence-corrected chi connectivity index (χ0v) is 6.16. The normalized spacial score (nSPS) is 20.9. The Morgan fingerprint density at radius 1 is 1.08 bits per heavy atom. The van der Waals surface area contributed by atoms with Crippen LogP contribution >= 0.6 is 0 Å². The van der Waals surface area contributed by atoms with Crippen LogP contribution in [0.3, 0.4) is 0 Å². The Hall–Kier alpha value is -2.04. The van der Waals surface area contributed by atoms with Gasteiger partial charge < -0.3 is 0 Å². The molecule has 0 saturated heterocycles. The number of azo groups is 1. The second-order valence-corrected chi connectivity index (χ2v) is 2.07. The summed E-state index contributed by atoms with van der Waals surface area (Å²) in [5.74, 6) is 0. The number of amides is 4. The lowest BCUT2D eigenvalue weighted by Crippen LogP contribution is -2.27. The number of hydrogen-bond donors (Lipinski definition) is 0. The predicted octanol–water partition coefficient (Wildman–Crippen LogP) is 2.20. The van der Waals surface area contributed by atoms with Crippen LogP contribution in [0.5, 0.6) is 0 Å². The Balaban J connectivity index is 2.73. The van der Waals surface area contributed by atoms with Crippen LogP contribution < -0.4 is 4.90 Å². The van der Waals surface area contributed by atoms with Gasteiger partial charge >= 0.3 is 12.1 Å². The molecular weight excluding hydrogens is 170 g/mol. The molecule has 1 aromatic rings. The van der Waals surface area contributed by atoms with E-state index in [2.05, 4.69) is 10.2 Å². The minimum Gasteiger partial charge on any atom is -0.243 e. The van der Waals surface area contributed by atoms with Crippen LogP contribution in [-0.2, 0) is 0 Å². The van der Waals surface area contributed by atoms with E-state index in [1.165, 1.54) is 0 Å². The summed E-state index contributed by atoms with van der Waals surface area (Å²) in [5.41, 5.74) is -0.541. The summed E-state index contributed by atoms with van der Waals surface area (Å²) in [6, 6.07) is -5.37. The molecule has 0 spiro atoms. The first-order valence-electron chi connectivity index (χ1n) is 5.73. The maximum atomic E-state index is 11.3. The average Bonchev–Trinajstić information content (AvgIpc) is 2.66. The van der Waals surface area contributed by atoms with Gasteiger partial charge in [0, 0.05) is 0 Å². The number of nitrogens with zero attached hydrogens (tertiary/aromatic N) is 3. The van der Waals surface area contributed by atoms with Crippen LogP contribution in [0, 0.1) is 0 Å². The highest BCUT2D eigenvalue weighted by Gasteiger charge is 2.28. The third kappa shape index (κ3) is 1.20.